The van der Waals surface area contributed by atoms with Crippen molar-refractivity contribution in [3.8, 4) is 0 Å². The van der Waals surface area contributed by atoms with E-state index in [-0.39, 0.29) is 31.8 Å². The molecule has 9 heteroatoms. The zero-order valence-corrected chi connectivity index (χ0v) is 32.9. The van der Waals surface area contributed by atoms with E-state index < -0.39 is 21.7 Å². The zero-order chi connectivity index (χ0) is 35.3. The van der Waals surface area contributed by atoms with Gasteiger partial charge >= 0.3 is 16.1 Å². The normalized spacial score (nSPS) is 13.1. The van der Waals surface area contributed by atoms with Crippen LogP contribution in [0.5, 0.6) is 0 Å². The van der Waals surface area contributed by atoms with Crippen LogP contribution in [0.2, 0.25) is 0 Å². The van der Waals surface area contributed by atoms with Crippen LogP contribution in [0.25, 0.3) is 0 Å². The summed E-state index contributed by atoms with van der Waals surface area (Å²) in [5.41, 5.74) is -0.829. The minimum Gasteiger partial charge on any atom is -0.596 e. The molecule has 0 radical (unpaired) electrons. The number of nitrogens with zero attached hydrogens (tertiary/aromatic N) is 1. The van der Waals surface area contributed by atoms with Crippen LogP contribution in [0.3, 0.4) is 0 Å². The van der Waals surface area contributed by atoms with Gasteiger partial charge in [0.05, 0.1) is 19.7 Å². The van der Waals surface area contributed by atoms with Gasteiger partial charge in [-0.2, -0.15) is 0 Å². The molecule has 0 aliphatic rings. The molecule has 0 aromatic rings. The lowest BCUT2D eigenvalue weighted by Crippen LogP contribution is -2.40. The summed E-state index contributed by atoms with van der Waals surface area (Å²) in [5, 5.41) is 0. The Morgan fingerprint density at radius 3 is 1.62 bits per heavy atom. The van der Waals surface area contributed by atoms with Gasteiger partial charge < -0.3 is 19.4 Å². The number of carbonyl (C=O) groups is 1. The fraction of sp³-hybridized carbons (Fsp3) is 0.872. The first-order valence-electron chi connectivity index (χ1n) is 19.8. The minimum absolute atomic E-state index is 0.0142. The standard InChI is InChI=1S/C39H73NO6P2/c1-3-5-7-9-11-13-15-17-19-20-22-24-26-28-30-32-39(41)40(33-35-47(42)43)36-38(48(44)45)37-46-34-31-29-27-25-23-21-18-16-14-12-10-8-6-4-2/h11,13,17,19,38H,3-10,12,14-16,18,20-37H2,1-2H3/b13-11-,19-17-. The van der Waals surface area contributed by atoms with Crippen molar-refractivity contribution in [3.05, 3.63) is 24.3 Å². The average molecular weight is 714 g/mol. The van der Waals surface area contributed by atoms with Gasteiger partial charge in [0.1, 0.15) is 0 Å². The molecule has 0 bridgehead atoms. The van der Waals surface area contributed by atoms with E-state index in [0.717, 1.165) is 57.8 Å². The van der Waals surface area contributed by atoms with Crippen molar-refractivity contribution in [1.29, 1.82) is 0 Å². The molecule has 0 spiro atoms. The largest absolute Gasteiger partial charge is 0.596 e. The molecule has 0 saturated heterocycles. The molecule has 48 heavy (non-hydrogen) atoms. The van der Waals surface area contributed by atoms with Crippen molar-refractivity contribution in [2.75, 3.05) is 32.5 Å². The SMILES string of the molecule is CCCCC/C=C\C/C=C\CCCCCCCC(=O)N(CC[P+](=O)[O-])CC(COCCCCCCCCCCCCCCCC)[P+](=O)[O-]. The maximum Gasteiger partial charge on any atom is 0.316 e. The minimum atomic E-state index is -2.80. The Balaban J connectivity index is 4.12. The molecule has 0 aromatic heterocycles. The summed E-state index contributed by atoms with van der Waals surface area (Å²) in [6, 6.07) is 0. The monoisotopic (exact) mass is 713 g/mol. The summed E-state index contributed by atoms with van der Waals surface area (Å²) in [6.07, 6.45) is 39.0. The second kappa shape index (κ2) is 37.3. The first-order valence-corrected chi connectivity index (χ1v) is 22.4. The summed E-state index contributed by atoms with van der Waals surface area (Å²) in [5.74, 6) is -0.175. The second-order valence-corrected chi connectivity index (χ2v) is 15.9. The van der Waals surface area contributed by atoms with Crippen LogP contribution in [0, 0.1) is 0 Å². The van der Waals surface area contributed by atoms with Crippen molar-refractivity contribution in [3.63, 3.8) is 0 Å². The molecule has 0 aliphatic heterocycles. The molecule has 0 fully saturated rings. The Labute approximate surface area is 297 Å². The maximum absolute atomic E-state index is 12.9. The van der Waals surface area contributed by atoms with Crippen molar-refractivity contribution < 1.29 is 28.4 Å². The molecule has 0 aromatic carbocycles. The fourth-order valence-electron chi connectivity index (χ4n) is 5.82. The number of amides is 1. The summed E-state index contributed by atoms with van der Waals surface area (Å²) >= 11 is 0. The number of ether oxygens (including phenoxy) is 1. The average Bonchev–Trinajstić information content (AvgIpc) is 3.06. The van der Waals surface area contributed by atoms with Gasteiger partial charge in [-0.3, -0.25) is 4.79 Å². The van der Waals surface area contributed by atoms with Crippen LogP contribution in [-0.2, 0) is 18.7 Å². The Morgan fingerprint density at radius 1 is 0.646 bits per heavy atom. The highest BCUT2D eigenvalue weighted by Gasteiger charge is 2.28. The molecule has 3 atom stereocenters. The third-order valence-electron chi connectivity index (χ3n) is 8.93. The Morgan fingerprint density at radius 2 is 1.10 bits per heavy atom. The smallest absolute Gasteiger partial charge is 0.316 e. The molecule has 1 amide bonds. The number of carbonyl (C=O) groups excluding carboxylic acids is 1. The number of rotatable bonds is 37. The summed E-state index contributed by atoms with van der Waals surface area (Å²) < 4.78 is 28.9. The van der Waals surface area contributed by atoms with Crippen molar-refractivity contribution in [2.45, 2.75) is 186 Å². The molecule has 280 valence electrons. The van der Waals surface area contributed by atoms with Gasteiger partial charge in [-0.25, -0.2) is 0 Å². The second-order valence-electron chi connectivity index (χ2n) is 13.5. The fourth-order valence-corrected chi connectivity index (χ4v) is 6.78. The van der Waals surface area contributed by atoms with Gasteiger partial charge in [-0.05, 0) is 44.9 Å². The Hall–Kier alpha value is -0.970. The van der Waals surface area contributed by atoms with Gasteiger partial charge in [-0.1, -0.05) is 163 Å². The third-order valence-corrected chi connectivity index (χ3v) is 10.4. The van der Waals surface area contributed by atoms with E-state index in [1.807, 2.05) is 0 Å². The first kappa shape index (κ1) is 47.0. The molecule has 0 aliphatic carbocycles. The molecular weight excluding hydrogens is 640 g/mol. The molecular formula is C39H73NO6P2. The number of hydrogen-bond donors (Lipinski definition) is 0. The molecule has 0 heterocycles. The lowest BCUT2D eigenvalue weighted by Gasteiger charge is -2.23. The highest BCUT2D eigenvalue weighted by Crippen LogP contribution is 2.22. The van der Waals surface area contributed by atoms with Crippen LogP contribution in [-0.4, -0.2) is 48.9 Å². The highest BCUT2D eigenvalue weighted by atomic mass is 31.1. The molecule has 0 N–H and O–H groups in total. The van der Waals surface area contributed by atoms with Crippen LogP contribution in [0.4, 0.5) is 0 Å². The van der Waals surface area contributed by atoms with Crippen molar-refractivity contribution >= 4 is 22.0 Å². The topological polar surface area (TPSA) is 110 Å². The van der Waals surface area contributed by atoms with Crippen molar-refractivity contribution in [1.82, 2.24) is 4.90 Å². The predicted molar refractivity (Wildman–Crippen MR) is 201 cm³/mol. The van der Waals surface area contributed by atoms with E-state index in [2.05, 4.69) is 38.2 Å². The summed E-state index contributed by atoms with van der Waals surface area (Å²) in [6.45, 7) is 5.03. The number of unbranched alkanes of at least 4 members (excludes halogenated alkanes) is 21. The predicted octanol–water partition coefficient (Wildman–Crippen LogP) is 10.7. The molecule has 0 rings (SSSR count). The van der Waals surface area contributed by atoms with Gasteiger partial charge in [0.2, 0.25) is 5.91 Å². The van der Waals surface area contributed by atoms with E-state index in [1.165, 1.54) is 108 Å². The van der Waals surface area contributed by atoms with E-state index >= 15 is 0 Å². The van der Waals surface area contributed by atoms with Crippen LogP contribution >= 0.6 is 16.1 Å². The van der Waals surface area contributed by atoms with Gasteiger partial charge in [-0.15, -0.1) is 0 Å². The molecule has 7 nitrogen and oxygen atoms in total. The molecule has 3 unspecified atom stereocenters. The van der Waals surface area contributed by atoms with Gasteiger partial charge in [0, 0.05) is 13.0 Å². The first-order chi connectivity index (χ1) is 23.4. The van der Waals surface area contributed by atoms with Crippen LogP contribution in [0.1, 0.15) is 181 Å². The zero-order valence-electron chi connectivity index (χ0n) is 31.1. The lowest BCUT2D eigenvalue weighted by molar-refractivity contribution is -0.167. The Bertz CT molecular complexity index is 822. The van der Waals surface area contributed by atoms with Crippen LogP contribution in [0.15, 0.2) is 24.3 Å². The Kier molecular flexibility index (Phi) is 36.5. The van der Waals surface area contributed by atoms with Crippen LogP contribution < -0.4 is 9.79 Å². The third kappa shape index (κ3) is 33.5. The highest BCUT2D eigenvalue weighted by molar-refractivity contribution is 7.37. The van der Waals surface area contributed by atoms with Gasteiger partial charge in [0.25, 0.3) is 0 Å². The van der Waals surface area contributed by atoms with Crippen molar-refractivity contribution in [2.24, 2.45) is 0 Å². The number of hydrogen-bond acceptors (Lipinski definition) is 6. The summed E-state index contributed by atoms with van der Waals surface area (Å²) in [7, 11) is -5.45. The number of allylic oxidation sites excluding steroid dienone is 4. The van der Waals surface area contributed by atoms with Gasteiger partial charge in [0.15, 0.2) is 11.8 Å². The van der Waals surface area contributed by atoms with E-state index in [1.54, 1.807) is 0 Å². The maximum atomic E-state index is 12.9. The van der Waals surface area contributed by atoms with E-state index in [4.69, 9.17) is 4.74 Å². The van der Waals surface area contributed by atoms with E-state index in [0.29, 0.717) is 13.0 Å². The summed E-state index contributed by atoms with van der Waals surface area (Å²) in [4.78, 5) is 37.6. The lowest BCUT2D eigenvalue weighted by atomic mass is 10.0. The quantitative estimate of drug-likeness (QED) is 0.0360. The van der Waals surface area contributed by atoms with E-state index in [9.17, 15) is 23.7 Å². The molecule has 0 saturated carbocycles.